The van der Waals surface area contributed by atoms with Gasteiger partial charge in [0.05, 0.1) is 16.8 Å². The Balaban J connectivity index is 1.20. The number of aromatic nitrogens is 1. The number of para-hydroxylation sites is 1. The third kappa shape index (κ3) is 5.23. The summed E-state index contributed by atoms with van der Waals surface area (Å²) in [4.78, 5) is 31.0. The molecule has 1 N–H and O–H groups in total. The predicted molar refractivity (Wildman–Crippen MR) is 117 cm³/mol. The van der Waals surface area contributed by atoms with Gasteiger partial charge in [0.15, 0.2) is 0 Å². The van der Waals surface area contributed by atoms with Crippen molar-refractivity contribution in [2.24, 2.45) is 0 Å². The first kappa shape index (κ1) is 20.5. The second kappa shape index (κ2) is 9.82. The summed E-state index contributed by atoms with van der Waals surface area (Å²) in [5.41, 5.74) is 2.60. The quantitative estimate of drug-likeness (QED) is 0.628. The molecule has 0 aliphatic carbocycles. The first-order valence-corrected chi connectivity index (χ1v) is 11.1. The van der Waals surface area contributed by atoms with E-state index in [0.29, 0.717) is 18.7 Å². The summed E-state index contributed by atoms with van der Waals surface area (Å²) in [6, 6.07) is 15.4. The summed E-state index contributed by atoms with van der Waals surface area (Å²) in [7, 11) is 0. The summed E-state index contributed by atoms with van der Waals surface area (Å²) in [6.07, 6.45) is 3.36. The Hall–Kier alpha value is -2.77. The zero-order valence-electron chi connectivity index (χ0n) is 16.8. The van der Waals surface area contributed by atoms with Gasteiger partial charge in [0, 0.05) is 25.2 Å². The predicted octanol–water partition coefficient (Wildman–Crippen LogP) is 3.76. The molecular weight excluding hydrogens is 398 g/mol. The van der Waals surface area contributed by atoms with Crippen molar-refractivity contribution in [3.8, 4) is 0 Å². The second-order valence-corrected chi connectivity index (χ2v) is 8.51. The van der Waals surface area contributed by atoms with E-state index < -0.39 is 0 Å². The van der Waals surface area contributed by atoms with Gasteiger partial charge >= 0.3 is 0 Å². The van der Waals surface area contributed by atoms with Crippen LogP contribution < -0.4 is 5.32 Å². The number of carbonyl (C=O) groups excluding carboxylic acids is 2. The van der Waals surface area contributed by atoms with E-state index in [2.05, 4.69) is 10.3 Å². The molecular formula is C23H25N3O3S. The van der Waals surface area contributed by atoms with Gasteiger partial charge in [-0.05, 0) is 49.1 Å². The molecule has 0 radical (unpaired) electrons. The molecule has 0 saturated carbocycles. The van der Waals surface area contributed by atoms with Crippen LogP contribution in [0.2, 0.25) is 0 Å². The summed E-state index contributed by atoms with van der Waals surface area (Å²) >= 11 is 1.57. The molecule has 1 aromatic heterocycles. The van der Waals surface area contributed by atoms with Gasteiger partial charge in [-0.1, -0.05) is 24.3 Å². The van der Waals surface area contributed by atoms with Gasteiger partial charge < -0.3 is 15.0 Å². The van der Waals surface area contributed by atoms with Gasteiger partial charge in [0.2, 0.25) is 5.91 Å². The monoisotopic (exact) mass is 423 g/mol. The Bertz CT molecular complexity index is 977. The van der Waals surface area contributed by atoms with E-state index in [1.807, 2.05) is 53.4 Å². The van der Waals surface area contributed by atoms with Crippen LogP contribution in [0.3, 0.4) is 0 Å². The summed E-state index contributed by atoms with van der Waals surface area (Å²) in [5, 5.41) is 3.71. The molecule has 0 spiro atoms. The first-order valence-electron chi connectivity index (χ1n) is 10.3. The number of thiazole rings is 1. The number of piperidine rings is 1. The number of benzene rings is 2. The molecule has 4 rings (SSSR count). The van der Waals surface area contributed by atoms with Crippen LogP contribution in [0.5, 0.6) is 0 Å². The lowest BCUT2D eigenvalue weighted by molar-refractivity contribution is -0.126. The molecule has 156 valence electrons. The normalized spacial score (nSPS) is 14.1. The average Bonchev–Trinajstić information content (AvgIpc) is 3.21. The minimum Gasteiger partial charge on any atom is -0.364 e. The Kier molecular flexibility index (Phi) is 6.71. The number of amides is 2. The van der Waals surface area contributed by atoms with Crippen molar-refractivity contribution in [1.29, 1.82) is 0 Å². The zero-order chi connectivity index (χ0) is 20.8. The Morgan fingerprint density at radius 3 is 2.57 bits per heavy atom. The molecule has 1 aliphatic rings. The number of hydrogen-bond donors (Lipinski definition) is 1. The van der Waals surface area contributed by atoms with E-state index >= 15 is 0 Å². The summed E-state index contributed by atoms with van der Waals surface area (Å²) < 4.78 is 6.62. The smallest absolute Gasteiger partial charge is 0.253 e. The SMILES string of the molecule is O=C(COCc1nc2ccccc2s1)NCc1ccc(C(=O)N2CCCCC2)cc1. The van der Waals surface area contributed by atoms with Crippen LogP contribution >= 0.6 is 11.3 Å². The minimum atomic E-state index is -0.176. The van der Waals surface area contributed by atoms with Crippen molar-refractivity contribution in [3.63, 3.8) is 0 Å². The average molecular weight is 424 g/mol. The number of likely N-dealkylation sites (tertiary alicyclic amines) is 1. The van der Waals surface area contributed by atoms with E-state index in [1.165, 1.54) is 6.42 Å². The lowest BCUT2D eigenvalue weighted by Gasteiger charge is -2.26. The molecule has 30 heavy (non-hydrogen) atoms. The largest absolute Gasteiger partial charge is 0.364 e. The third-order valence-corrected chi connectivity index (χ3v) is 6.14. The molecule has 3 aromatic rings. The van der Waals surface area contributed by atoms with Crippen LogP contribution in [0, 0.1) is 0 Å². The Labute approximate surface area is 179 Å². The van der Waals surface area contributed by atoms with Crippen molar-refractivity contribution >= 4 is 33.4 Å². The van der Waals surface area contributed by atoms with Crippen LogP contribution in [0.25, 0.3) is 10.2 Å². The second-order valence-electron chi connectivity index (χ2n) is 7.39. The number of nitrogens with zero attached hydrogens (tertiary/aromatic N) is 2. The maximum absolute atomic E-state index is 12.5. The van der Waals surface area contributed by atoms with Crippen LogP contribution in [0.15, 0.2) is 48.5 Å². The zero-order valence-corrected chi connectivity index (χ0v) is 17.6. The molecule has 1 saturated heterocycles. The van der Waals surface area contributed by atoms with Crippen molar-refractivity contribution in [2.75, 3.05) is 19.7 Å². The fourth-order valence-electron chi connectivity index (χ4n) is 3.51. The van der Waals surface area contributed by atoms with Gasteiger partial charge in [-0.15, -0.1) is 11.3 Å². The standard InChI is InChI=1S/C23H25N3O3S/c27-21(15-29-16-22-25-19-6-2-3-7-20(19)30-22)24-14-17-8-10-18(11-9-17)23(28)26-12-4-1-5-13-26/h2-3,6-11H,1,4-5,12-16H2,(H,24,27). The van der Waals surface area contributed by atoms with Crippen molar-refractivity contribution in [1.82, 2.24) is 15.2 Å². The summed E-state index contributed by atoms with van der Waals surface area (Å²) in [5.74, 6) is -0.0851. The minimum absolute atomic E-state index is 0.0124. The number of ether oxygens (including phenoxy) is 1. The number of carbonyl (C=O) groups is 2. The number of fused-ring (bicyclic) bond motifs is 1. The molecule has 0 atom stereocenters. The fourth-order valence-corrected chi connectivity index (χ4v) is 4.41. The number of nitrogens with one attached hydrogen (secondary N) is 1. The molecule has 0 bridgehead atoms. The van der Waals surface area contributed by atoms with Crippen molar-refractivity contribution in [2.45, 2.75) is 32.4 Å². The molecule has 2 aromatic carbocycles. The molecule has 1 aliphatic heterocycles. The fraction of sp³-hybridized carbons (Fsp3) is 0.348. The van der Waals surface area contributed by atoms with Gasteiger partial charge in [-0.3, -0.25) is 9.59 Å². The van der Waals surface area contributed by atoms with Gasteiger partial charge in [-0.25, -0.2) is 4.98 Å². The lowest BCUT2D eigenvalue weighted by atomic mass is 10.1. The topological polar surface area (TPSA) is 71.5 Å². The Morgan fingerprint density at radius 1 is 1.03 bits per heavy atom. The number of rotatable bonds is 7. The van der Waals surface area contributed by atoms with Crippen LogP contribution in [0.4, 0.5) is 0 Å². The maximum Gasteiger partial charge on any atom is 0.253 e. The number of hydrogen-bond acceptors (Lipinski definition) is 5. The van der Waals surface area contributed by atoms with Gasteiger partial charge in [-0.2, -0.15) is 0 Å². The van der Waals surface area contributed by atoms with E-state index in [0.717, 1.165) is 46.7 Å². The molecule has 2 heterocycles. The molecule has 7 heteroatoms. The molecule has 2 amide bonds. The van der Waals surface area contributed by atoms with E-state index in [1.54, 1.807) is 11.3 Å². The Morgan fingerprint density at radius 2 is 1.80 bits per heavy atom. The van der Waals surface area contributed by atoms with Gasteiger partial charge in [0.1, 0.15) is 11.6 Å². The van der Waals surface area contributed by atoms with Crippen molar-refractivity contribution < 1.29 is 14.3 Å². The third-order valence-electron chi connectivity index (χ3n) is 5.13. The highest BCUT2D eigenvalue weighted by Gasteiger charge is 2.17. The lowest BCUT2D eigenvalue weighted by Crippen LogP contribution is -2.35. The molecule has 0 unspecified atom stereocenters. The molecule has 6 nitrogen and oxygen atoms in total. The van der Waals surface area contributed by atoms with E-state index in [-0.39, 0.29) is 18.4 Å². The highest BCUT2D eigenvalue weighted by Crippen LogP contribution is 2.21. The maximum atomic E-state index is 12.5. The highest BCUT2D eigenvalue weighted by molar-refractivity contribution is 7.18. The molecule has 1 fully saturated rings. The van der Waals surface area contributed by atoms with Crippen LogP contribution in [-0.4, -0.2) is 41.4 Å². The summed E-state index contributed by atoms with van der Waals surface area (Å²) in [6.45, 7) is 2.39. The highest BCUT2D eigenvalue weighted by atomic mass is 32.1. The van der Waals surface area contributed by atoms with E-state index in [4.69, 9.17) is 4.74 Å². The van der Waals surface area contributed by atoms with Crippen LogP contribution in [0.1, 0.15) is 40.2 Å². The van der Waals surface area contributed by atoms with Crippen molar-refractivity contribution in [3.05, 3.63) is 64.7 Å². The van der Waals surface area contributed by atoms with Crippen LogP contribution in [-0.2, 0) is 22.7 Å². The first-order chi connectivity index (χ1) is 14.7. The van der Waals surface area contributed by atoms with E-state index in [9.17, 15) is 9.59 Å². The van der Waals surface area contributed by atoms with Gasteiger partial charge in [0.25, 0.3) is 5.91 Å².